The second-order valence-corrected chi connectivity index (χ2v) is 4.66. The minimum absolute atomic E-state index is 0.0327. The van der Waals surface area contributed by atoms with Gasteiger partial charge in [0.1, 0.15) is 11.6 Å². The van der Waals surface area contributed by atoms with Crippen molar-refractivity contribution in [1.29, 1.82) is 0 Å². The van der Waals surface area contributed by atoms with E-state index in [-0.39, 0.29) is 28.5 Å². The number of rotatable bonds is 1. The number of nitrogens with zero attached hydrogens (tertiary/aromatic N) is 2. The summed E-state index contributed by atoms with van der Waals surface area (Å²) < 4.78 is 40.8. The lowest BCUT2D eigenvalue weighted by molar-refractivity contribution is -0.132. The van der Waals surface area contributed by atoms with Gasteiger partial charge in [0.2, 0.25) is 0 Å². The zero-order valence-corrected chi connectivity index (χ0v) is 11.1. The summed E-state index contributed by atoms with van der Waals surface area (Å²) in [7, 11) is 0. The summed E-state index contributed by atoms with van der Waals surface area (Å²) in [4.78, 5) is 41.3. The number of aryl methyl sites for hydroxylation is 1. The lowest BCUT2D eigenvalue weighted by atomic mass is 9.92. The van der Waals surface area contributed by atoms with Crippen LogP contribution in [0.1, 0.15) is 37.9 Å². The molecule has 1 saturated carbocycles. The second kappa shape index (κ2) is 4.80. The molecule has 1 aromatic heterocycles. The summed E-state index contributed by atoms with van der Waals surface area (Å²) in [6, 6.07) is -0.293. The third kappa shape index (κ3) is 2.12. The van der Waals surface area contributed by atoms with Crippen molar-refractivity contribution in [3.8, 4) is 0 Å². The van der Waals surface area contributed by atoms with Crippen molar-refractivity contribution in [2.45, 2.75) is 32.1 Å². The molecule has 1 aliphatic rings. The Morgan fingerprint density at radius 1 is 1.52 bits per heavy atom. The van der Waals surface area contributed by atoms with Gasteiger partial charge < -0.3 is 5.73 Å². The Balaban J connectivity index is 2.45. The van der Waals surface area contributed by atoms with Gasteiger partial charge in [0.25, 0.3) is 5.56 Å². The van der Waals surface area contributed by atoms with Crippen molar-refractivity contribution in [2.75, 3.05) is 5.73 Å². The molecule has 2 atom stereocenters. The SMILES string of the molecule is [2H]c1ccc(N)c2c(=O)n(C3([2H])C(=O)CC(=O)C([2H])C3([2H])[2H])c(C)nc12. The normalized spacial score (nSPS) is 32.0. The Bertz CT molecular complexity index is 1040. The number of benzene rings is 1. The van der Waals surface area contributed by atoms with Gasteiger partial charge in [0, 0.05) is 16.2 Å². The molecule has 0 saturated heterocycles. The molecule has 0 bridgehead atoms. The van der Waals surface area contributed by atoms with Gasteiger partial charge in [-0.15, -0.1) is 0 Å². The second-order valence-electron chi connectivity index (χ2n) is 4.66. The number of hydrogen-bond acceptors (Lipinski definition) is 5. The number of carbonyl (C=O) groups is 2. The van der Waals surface area contributed by atoms with E-state index < -0.39 is 42.3 Å². The molecule has 1 fully saturated rings. The Morgan fingerprint density at radius 2 is 2.29 bits per heavy atom. The average molecular weight is 290 g/mol. The van der Waals surface area contributed by atoms with Crippen molar-refractivity contribution in [3.63, 3.8) is 0 Å². The maximum atomic E-state index is 13.0. The molecule has 0 aliphatic heterocycles. The van der Waals surface area contributed by atoms with E-state index in [0.29, 0.717) is 4.57 Å². The third-order valence-electron chi connectivity index (χ3n) is 3.21. The number of nitrogens with two attached hydrogens (primary N) is 1. The molecule has 1 aromatic carbocycles. The van der Waals surface area contributed by atoms with Gasteiger partial charge in [-0.3, -0.25) is 19.0 Å². The molecule has 0 amide bonds. The van der Waals surface area contributed by atoms with E-state index in [9.17, 15) is 14.4 Å². The highest BCUT2D eigenvalue weighted by molar-refractivity contribution is 6.03. The molecule has 3 rings (SSSR count). The van der Waals surface area contributed by atoms with Crippen LogP contribution in [0.2, 0.25) is 0 Å². The molecule has 2 N–H and O–H groups in total. The average Bonchev–Trinajstić information content (AvgIpc) is 2.55. The maximum absolute atomic E-state index is 13.0. The van der Waals surface area contributed by atoms with Crippen LogP contribution in [0.4, 0.5) is 5.69 Å². The monoisotopic (exact) mass is 290 g/mol. The molecule has 2 aromatic rings. The molecular formula is C15H15N3O3. The number of fused-ring (bicyclic) bond motifs is 1. The molecule has 6 nitrogen and oxygen atoms in total. The number of nitrogen functional groups attached to an aromatic ring is 1. The Labute approximate surface area is 127 Å². The fourth-order valence-electron chi connectivity index (χ4n) is 2.26. The van der Waals surface area contributed by atoms with Crippen molar-refractivity contribution in [3.05, 3.63) is 34.4 Å². The molecule has 2 unspecified atom stereocenters. The number of carbonyl (C=O) groups excluding carboxylic acids is 2. The summed E-state index contributed by atoms with van der Waals surface area (Å²) in [5.41, 5.74) is 4.77. The summed E-state index contributed by atoms with van der Waals surface area (Å²) in [5.74, 6) is -2.27. The quantitative estimate of drug-likeness (QED) is 0.628. The first kappa shape index (κ1) is 8.71. The predicted molar refractivity (Wildman–Crippen MR) is 78.1 cm³/mol. The molecule has 108 valence electrons. The zero-order chi connectivity index (χ0) is 19.6. The first-order valence-corrected chi connectivity index (χ1v) is 6.21. The van der Waals surface area contributed by atoms with E-state index in [1.165, 1.54) is 19.1 Å². The van der Waals surface area contributed by atoms with Crippen LogP contribution in [0.25, 0.3) is 10.9 Å². The maximum Gasteiger partial charge on any atom is 0.264 e. The van der Waals surface area contributed by atoms with Gasteiger partial charge in [-0.05, 0) is 25.4 Å². The van der Waals surface area contributed by atoms with Crippen LogP contribution >= 0.6 is 0 Å². The summed E-state index contributed by atoms with van der Waals surface area (Å²) >= 11 is 0. The third-order valence-corrected chi connectivity index (χ3v) is 3.21. The van der Waals surface area contributed by atoms with Crippen molar-refractivity contribution in [2.24, 2.45) is 0 Å². The van der Waals surface area contributed by atoms with Crippen LogP contribution < -0.4 is 11.3 Å². The topological polar surface area (TPSA) is 95.0 Å². The lowest BCUT2D eigenvalue weighted by Crippen LogP contribution is -2.36. The summed E-state index contributed by atoms with van der Waals surface area (Å²) in [6.45, 7) is 1.29. The number of aromatic nitrogens is 2. The van der Waals surface area contributed by atoms with E-state index >= 15 is 0 Å². The lowest BCUT2D eigenvalue weighted by Gasteiger charge is -2.24. The smallest absolute Gasteiger partial charge is 0.264 e. The van der Waals surface area contributed by atoms with Gasteiger partial charge in [0.05, 0.1) is 26.1 Å². The first-order valence-electron chi connectivity index (χ1n) is 8.79. The van der Waals surface area contributed by atoms with E-state index in [2.05, 4.69) is 4.98 Å². The fraction of sp³-hybridized carbons (Fsp3) is 0.333. The largest absolute Gasteiger partial charge is 0.398 e. The zero-order valence-electron chi connectivity index (χ0n) is 16.1. The number of ketones is 2. The van der Waals surface area contributed by atoms with Crippen LogP contribution in [0, 0.1) is 6.92 Å². The fourth-order valence-corrected chi connectivity index (χ4v) is 2.26. The molecule has 1 heterocycles. The molecule has 0 spiro atoms. The Morgan fingerprint density at radius 3 is 3.05 bits per heavy atom. The van der Waals surface area contributed by atoms with E-state index in [1.807, 2.05) is 0 Å². The molecular weight excluding hydrogens is 270 g/mol. The van der Waals surface area contributed by atoms with Gasteiger partial charge >= 0.3 is 0 Å². The van der Waals surface area contributed by atoms with E-state index in [4.69, 9.17) is 12.6 Å². The Hall–Kier alpha value is -2.50. The van der Waals surface area contributed by atoms with Gasteiger partial charge in [-0.25, -0.2) is 4.98 Å². The highest BCUT2D eigenvalue weighted by Gasteiger charge is 2.30. The number of hydrogen-bond donors (Lipinski definition) is 1. The van der Waals surface area contributed by atoms with Crippen LogP contribution in [0.15, 0.2) is 23.0 Å². The summed E-state index contributed by atoms with van der Waals surface area (Å²) in [5, 5.41) is -0.211. The van der Waals surface area contributed by atoms with Gasteiger partial charge in [0.15, 0.2) is 5.78 Å². The number of Topliss-reactive ketones (excluding diaryl/α,β-unsaturated/α-hetero) is 2. The molecule has 0 radical (unpaired) electrons. The summed E-state index contributed by atoms with van der Waals surface area (Å²) in [6.07, 6.45) is -5.79. The Kier molecular flexibility index (Phi) is 1.99. The molecule has 1 aliphatic carbocycles. The van der Waals surface area contributed by atoms with E-state index in [1.54, 1.807) is 0 Å². The van der Waals surface area contributed by atoms with Crippen LogP contribution in [0.3, 0.4) is 0 Å². The van der Waals surface area contributed by atoms with Gasteiger partial charge in [-0.1, -0.05) is 6.07 Å². The van der Waals surface area contributed by atoms with E-state index in [0.717, 1.165) is 0 Å². The standard InChI is InChI=1S/C15H15N3O3/c1-8-17-11-4-2-3-10(16)14(11)15(21)18(8)12-6-5-9(19)7-13(12)20/h2-4,12H,5-7,16H2,1H3/i4D,5D,6D2,12D. The van der Waals surface area contributed by atoms with Crippen LogP contribution in [-0.2, 0) is 9.59 Å². The highest BCUT2D eigenvalue weighted by Crippen LogP contribution is 2.24. The van der Waals surface area contributed by atoms with Crippen molar-refractivity contribution >= 4 is 28.2 Å². The molecule has 6 heteroatoms. The number of anilines is 1. The van der Waals surface area contributed by atoms with Crippen molar-refractivity contribution < 1.29 is 16.4 Å². The minimum Gasteiger partial charge on any atom is -0.398 e. The van der Waals surface area contributed by atoms with Crippen molar-refractivity contribution in [1.82, 2.24) is 9.55 Å². The van der Waals surface area contributed by atoms with Crippen LogP contribution in [0.5, 0.6) is 0 Å². The minimum atomic E-state index is -2.96. The first-order chi connectivity index (χ1) is 11.9. The van der Waals surface area contributed by atoms with Gasteiger partial charge in [-0.2, -0.15) is 0 Å². The predicted octanol–water partition coefficient (Wildman–Crippen LogP) is 1.15. The highest BCUT2D eigenvalue weighted by atomic mass is 16.2. The molecule has 21 heavy (non-hydrogen) atoms. The van der Waals surface area contributed by atoms with Crippen LogP contribution in [-0.4, -0.2) is 21.1 Å².